The van der Waals surface area contributed by atoms with Crippen molar-refractivity contribution >= 4 is 34.2 Å². The number of nitro benzene ring substituents is 1. The number of methoxy groups -OCH3 is 1. The maximum absolute atomic E-state index is 13.5. The zero-order chi connectivity index (χ0) is 22.3. The second-order valence-corrected chi connectivity index (χ2v) is 6.92. The van der Waals surface area contributed by atoms with Gasteiger partial charge in [0, 0.05) is 22.6 Å². The van der Waals surface area contributed by atoms with Crippen LogP contribution < -0.4 is 0 Å². The van der Waals surface area contributed by atoms with Gasteiger partial charge in [-0.15, -0.1) is 0 Å². The molecule has 1 heterocycles. The van der Waals surface area contributed by atoms with Crippen LogP contribution in [0.2, 0.25) is 0 Å². The fraction of sp³-hybridized carbons (Fsp3) is 0.0870. The number of hydrogen-bond acceptors (Lipinski definition) is 6. The first-order valence-corrected chi connectivity index (χ1v) is 9.27. The van der Waals surface area contributed by atoms with Crippen LogP contribution in [0.3, 0.4) is 0 Å². The van der Waals surface area contributed by atoms with E-state index in [9.17, 15) is 24.5 Å². The fourth-order valence-electron chi connectivity index (χ4n) is 3.89. The molecule has 0 saturated heterocycles. The molecule has 1 aliphatic rings. The van der Waals surface area contributed by atoms with Gasteiger partial charge in [0.25, 0.3) is 17.5 Å². The maximum Gasteiger partial charge on any atom is 0.335 e. The van der Waals surface area contributed by atoms with Crippen molar-refractivity contribution in [3.05, 3.63) is 99.6 Å². The van der Waals surface area contributed by atoms with Crippen molar-refractivity contribution in [1.29, 1.82) is 0 Å². The number of imide groups is 1. The van der Waals surface area contributed by atoms with E-state index in [-0.39, 0.29) is 28.0 Å². The van der Waals surface area contributed by atoms with Gasteiger partial charge in [0.15, 0.2) is 0 Å². The van der Waals surface area contributed by atoms with E-state index in [1.807, 2.05) is 0 Å². The predicted molar refractivity (Wildman–Crippen MR) is 111 cm³/mol. The third-order valence-corrected chi connectivity index (χ3v) is 5.27. The number of hydrogen-bond donors (Lipinski definition) is 0. The van der Waals surface area contributed by atoms with Gasteiger partial charge in [0.1, 0.15) is 6.04 Å². The number of para-hydroxylation sites is 1. The summed E-state index contributed by atoms with van der Waals surface area (Å²) in [5.74, 6) is -2.24. The topological polar surface area (TPSA) is 107 Å². The number of nitrogens with zero attached hydrogens (tertiary/aromatic N) is 2. The smallest absolute Gasteiger partial charge is 0.335 e. The molecule has 4 rings (SSSR count). The van der Waals surface area contributed by atoms with Crippen molar-refractivity contribution in [1.82, 2.24) is 4.90 Å². The van der Waals surface area contributed by atoms with Gasteiger partial charge in [-0.25, -0.2) is 4.79 Å². The molecule has 0 fully saturated rings. The van der Waals surface area contributed by atoms with Gasteiger partial charge in [-0.3, -0.25) is 24.6 Å². The second kappa shape index (κ2) is 7.49. The van der Waals surface area contributed by atoms with Crippen molar-refractivity contribution in [2.45, 2.75) is 6.04 Å². The van der Waals surface area contributed by atoms with Crippen LogP contribution in [0.25, 0.3) is 10.8 Å². The Hall–Kier alpha value is -4.33. The molecule has 1 aliphatic heterocycles. The molecule has 0 unspecified atom stereocenters. The Bertz CT molecular complexity index is 1250. The first-order valence-electron chi connectivity index (χ1n) is 9.27. The molecule has 0 radical (unpaired) electrons. The Kier molecular flexibility index (Phi) is 4.82. The Morgan fingerprint density at radius 2 is 1.58 bits per heavy atom. The van der Waals surface area contributed by atoms with Crippen LogP contribution in [0.5, 0.6) is 0 Å². The number of nitro groups is 1. The number of amides is 2. The molecule has 8 heteroatoms. The quantitative estimate of drug-likeness (QED) is 0.206. The SMILES string of the molecule is C=C(C(=O)OC)[C@H](c1ccccc1[N+](=O)[O-])N1C(=O)c2cccc3cccc(c23)C1=O. The number of carbonyl (C=O) groups excluding carboxylic acids is 3. The highest BCUT2D eigenvalue weighted by Crippen LogP contribution is 2.40. The monoisotopic (exact) mass is 416 g/mol. The summed E-state index contributed by atoms with van der Waals surface area (Å²) in [7, 11) is 1.12. The Morgan fingerprint density at radius 1 is 1.00 bits per heavy atom. The number of esters is 1. The van der Waals surface area contributed by atoms with Gasteiger partial charge in [0.2, 0.25) is 0 Å². The van der Waals surface area contributed by atoms with Crippen molar-refractivity contribution < 1.29 is 24.0 Å². The lowest BCUT2D eigenvalue weighted by Gasteiger charge is -2.34. The summed E-state index contributed by atoms with van der Waals surface area (Å²) in [4.78, 5) is 51.2. The number of carbonyl (C=O) groups is 3. The molecule has 1 atom stereocenters. The first kappa shape index (κ1) is 20.0. The van der Waals surface area contributed by atoms with Crippen molar-refractivity contribution in [3.8, 4) is 0 Å². The summed E-state index contributed by atoms with van der Waals surface area (Å²) in [6.45, 7) is 3.71. The molecular formula is C23H16N2O6. The number of ether oxygens (including phenoxy) is 1. The molecule has 8 nitrogen and oxygen atoms in total. The van der Waals surface area contributed by atoms with Gasteiger partial charge < -0.3 is 4.74 Å². The minimum absolute atomic E-state index is 0.0174. The molecule has 154 valence electrons. The summed E-state index contributed by atoms with van der Waals surface area (Å²) in [6, 6.07) is 14.3. The normalized spacial score (nSPS) is 13.8. The van der Waals surface area contributed by atoms with E-state index in [0.29, 0.717) is 10.8 Å². The van der Waals surface area contributed by atoms with Crippen LogP contribution >= 0.6 is 0 Å². The van der Waals surface area contributed by atoms with Crippen LogP contribution in [0, 0.1) is 10.1 Å². The number of rotatable bonds is 5. The summed E-state index contributed by atoms with van der Waals surface area (Å²) >= 11 is 0. The highest BCUT2D eigenvalue weighted by atomic mass is 16.6. The van der Waals surface area contributed by atoms with E-state index in [1.165, 1.54) is 24.3 Å². The van der Waals surface area contributed by atoms with E-state index in [4.69, 9.17) is 4.74 Å². The predicted octanol–water partition coefficient (Wildman–Crippen LogP) is 3.81. The van der Waals surface area contributed by atoms with Crippen LogP contribution in [0.4, 0.5) is 5.69 Å². The number of benzene rings is 3. The lowest BCUT2D eigenvalue weighted by molar-refractivity contribution is -0.385. The average molecular weight is 416 g/mol. The molecule has 3 aromatic rings. The minimum atomic E-state index is -1.42. The maximum atomic E-state index is 13.5. The van der Waals surface area contributed by atoms with Gasteiger partial charge in [0.05, 0.1) is 23.2 Å². The molecule has 0 spiro atoms. The largest absolute Gasteiger partial charge is 0.466 e. The van der Waals surface area contributed by atoms with E-state index in [0.717, 1.165) is 12.0 Å². The molecule has 31 heavy (non-hydrogen) atoms. The summed E-state index contributed by atoms with van der Waals surface area (Å²) in [6.07, 6.45) is 0. The van der Waals surface area contributed by atoms with Crippen LogP contribution in [-0.4, -0.2) is 34.7 Å². The first-order chi connectivity index (χ1) is 14.9. The average Bonchev–Trinajstić information content (AvgIpc) is 2.79. The molecule has 3 aromatic carbocycles. The van der Waals surface area contributed by atoms with Crippen LogP contribution in [0.15, 0.2) is 72.8 Å². The third kappa shape index (κ3) is 3.05. The summed E-state index contributed by atoms with van der Waals surface area (Å²) in [5, 5.41) is 12.9. The van der Waals surface area contributed by atoms with Crippen molar-refractivity contribution in [2.24, 2.45) is 0 Å². The zero-order valence-corrected chi connectivity index (χ0v) is 16.4. The van der Waals surface area contributed by atoms with E-state index in [2.05, 4.69) is 6.58 Å². The van der Waals surface area contributed by atoms with Crippen molar-refractivity contribution in [3.63, 3.8) is 0 Å². The van der Waals surface area contributed by atoms with Crippen molar-refractivity contribution in [2.75, 3.05) is 7.11 Å². The van der Waals surface area contributed by atoms with Gasteiger partial charge >= 0.3 is 5.97 Å². The lowest BCUT2D eigenvalue weighted by Crippen LogP contribution is -2.44. The van der Waals surface area contributed by atoms with Crippen LogP contribution in [-0.2, 0) is 9.53 Å². The Labute approximate surface area is 176 Å². The minimum Gasteiger partial charge on any atom is -0.466 e. The molecular weight excluding hydrogens is 400 g/mol. The summed E-state index contributed by atoms with van der Waals surface area (Å²) in [5.41, 5.74) is -0.126. The van der Waals surface area contributed by atoms with Gasteiger partial charge in [-0.1, -0.05) is 43.0 Å². The Balaban J connectivity index is 1.98. The molecule has 0 saturated carbocycles. The van der Waals surface area contributed by atoms with Gasteiger partial charge in [-0.05, 0) is 23.6 Å². The molecule has 0 bridgehead atoms. The highest BCUT2D eigenvalue weighted by molar-refractivity contribution is 6.26. The molecule has 0 aliphatic carbocycles. The molecule has 2 amide bonds. The van der Waals surface area contributed by atoms with E-state index >= 15 is 0 Å². The lowest BCUT2D eigenvalue weighted by atomic mass is 9.89. The van der Waals surface area contributed by atoms with E-state index in [1.54, 1.807) is 36.4 Å². The molecule has 0 aromatic heterocycles. The van der Waals surface area contributed by atoms with E-state index < -0.39 is 28.7 Å². The Morgan fingerprint density at radius 3 is 2.13 bits per heavy atom. The van der Waals surface area contributed by atoms with Gasteiger partial charge in [-0.2, -0.15) is 0 Å². The summed E-state index contributed by atoms with van der Waals surface area (Å²) < 4.78 is 4.75. The van der Waals surface area contributed by atoms with Crippen LogP contribution in [0.1, 0.15) is 32.3 Å². The molecule has 0 N–H and O–H groups in total. The zero-order valence-electron chi connectivity index (χ0n) is 16.4. The second-order valence-electron chi connectivity index (χ2n) is 6.92. The fourth-order valence-corrected chi connectivity index (χ4v) is 3.89. The highest BCUT2D eigenvalue weighted by Gasteiger charge is 2.43. The third-order valence-electron chi connectivity index (χ3n) is 5.27. The standard InChI is InChI=1S/C23H16N2O6/c1-13(23(28)31-2)20(15-9-3-4-12-18(15)25(29)30)24-21(26)16-10-5-7-14-8-6-11-17(19(14)16)22(24)27/h3-12,20H,1H2,2H3/t20-/m1/s1.